The predicted octanol–water partition coefficient (Wildman–Crippen LogP) is 2.26. The Labute approximate surface area is 135 Å². The number of aryl methyl sites for hydroxylation is 1. The molecular formula is C17H22N4O2. The Morgan fingerprint density at radius 1 is 1.39 bits per heavy atom. The third-order valence-corrected chi connectivity index (χ3v) is 4.22. The molecule has 1 aliphatic heterocycles. The van der Waals surface area contributed by atoms with E-state index >= 15 is 0 Å². The summed E-state index contributed by atoms with van der Waals surface area (Å²) in [6, 6.07) is 7.53. The molecular weight excluding hydrogens is 292 g/mol. The highest BCUT2D eigenvalue weighted by Crippen LogP contribution is 2.22. The normalized spacial score (nSPS) is 18.8. The van der Waals surface area contributed by atoms with Crippen LogP contribution in [-0.2, 0) is 0 Å². The standard InChI is InChI=1S/C17H22N4O2/c1-3-21-10-6-7-13(11-21)18-16(22)14-8-4-5-9-15(14)17-20-19-12(2)23-17/h4-5,8-9,13H,3,6-7,10-11H2,1-2H3,(H,18,22). The van der Waals surface area contributed by atoms with Crippen molar-refractivity contribution in [2.75, 3.05) is 19.6 Å². The van der Waals surface area contributed by atoms with Gasteiger partial charge in [0.15, 0.2) is 0 Å². The van der Waals surface area contributed by atoms with Crippen LogP contribution in [-0.4, -0.2) is 46.7 Å². The first-order valence-electron chi connectivity index (χ1n) is 8.10. The number of benzene rings is 1. The molecule has 6 heteroatoms. The minimum absolute atomic E-state index is 0.0839. The number of hydrogen-bond donors (Lipinski definition) is 1. The maximum atomic E-state index is 12.7. The van der Waals surface area contributed by atoms with E-state index < -0.39 is 0 Å². The first-order chi connectivity index (χ1) is 11.2. The summed E-state index contributed by atoms with van der Waals surface area (Å²) < 4.78 is 5.47. The molecule has 6 nitrogen and oxygen atoms in total. The Balaban J connectivity index is 1.77. The average Bonchev–Trinajstić information content (AvgIpc) is 3.01. The molecule has 0 saturated carbocycles. The molecule has 2 aromatic rings. The number of nitrogens with one attached hydrogen (secondary N) is 1. The summed E-state index contributed by atoms with van der Waals surface area (Å²) in [7, 11) is 0. The number of hydrogen-bond acceptors (Lipinski definition) is 5. The van der Waals surface area contributed by atoms with E-state index in [0.717, 1.165) is 32.5 Å². The SMILES string of the molecule is CCN1CCCC(NC(=O)c2ccccc2-c2nnc(C)o2)C1. The van der Waals surface area contributed by atoms with E-state index in [4.69, 9.17) is 4.42 Å². The molecule has 0 spiro atoms. The third kappa shape index (κ3) is 3.59. The van der Waals surface area contributed by atoms with Crippen LogP contribution in [0.5, 0.6) is 0 Å². The fraction of sp³-hybridized carbons (Fsp3) is 0.471. The molecule has 1 N–H and O–H groups in total. The zero-order valence-corrected chi connectivity index (χ0v) is 13.6. The summed E-state index contributed by atoms with van der Waals surface area (Å²) in [6.45, 7) is 6.92. The van der Waals surface area contributed by atoms with E-state index in [1.165, 1.54) is 0 Å². The molecule has 1 saturated heterocycles. The minimum Gasteiger partial charge on any atom is -0.421 e. The molecule has 1 fully saturated rings. The van der Waals surface area contributed by atoms with Crippen LogP contribution in [0.25, 0.3) is 11.5 Å². The zero-order valence-electron chi connectivity index (χ0n) is 13.6. The molecule has 1 amide bonds. The number of likely N-dealkylation sites (tertiary alicyclic amines) is 1. The Bertz CT molecular complexity index is 683. The number of aromatic nitrogens is 2. The molecule has 1 aromatic carbocycles. The van der Waals surface area contributed by atoms with Gasteiger partial charge >= 0.3 is 0 Å². The maximum absolute atomic E-state index is 12.7. The van der Waals surface area contributed by atoms with Gasteiger partial charge in [0, 0.05) is 19.5 Å². The quantitative estimate of drug-likeness (QED) is 0.937. The molecule has 1 unspecified atom stereocenters. The summed E-state index contributed by atoms with van der Waals surface area (Å²) >= 11 is 0. The number of piperidine rings is 1. The van der Waals surface area contributed by atoms with E-state index in [0.29, 0.717) is 22.9 Å². The topological polar surface area (TPSA) is 71.3 Å². The van der Waals surface area contributed by atoms with E-state index in [9.17, 15) is 4.79 Å². The number of likely N-dealkylation sites (N-methyl/N-ethyl adjacent to an activating group) is 1. The highest BCUT2D eigenvalue weighted by atomic mass is 16.4. The molecule has 3 rings (SSSR count). The summed E-state index contributed by atoms with van der Waals surface area (Å²) in [5, 5.41) is 11.0. The van der Waals surface area contributed by atoms with Crippen molar-refractivity contribution in [2.24, 2.45) is 0 Å². The van der Waals surface area contributed by atoms with Crippen molar-refractivity contribution in [2.45, 2.75) is 32.7 Å². The van der Waals surface area contributed by atoms with Gasteiger partial charge in [0.2, 0.25) is 11.8 Å². The second kappa shape index (κ2) is 6.91. The first kappa shape index (κ1) is 15.7. The van der Waals surface area contributed by atoms with E-state index in [1.807, 2.05) is 18.2 Å². The number of carbonyl (C=O) groups excluding carboxylic acids is 1. The fourth-order valence-electron chi connectivity index (χ4n) is 3.00. The van der Waals surface area contributed by atoms with Crippen LogP contribution >= 0.6 is 0 Å². The van der Waals surface area contributed by atoms with Gasteiger partial charge in [-0.15, -0.1) is 10.2 Å². The van der Waals surface area contributed by atoms with Gasteiger partial charge in [-0.1, -0.05) is 19.1 Å². The number of rotatable bonds is 4. The van der Waals surface area contributed by atoms with Crippen LogP contribution in [0, 0.1) is 6.92 Å². The average molecular weight is 314 g/mol. The van der Waals surface area contributed by atoms with Crippen molar-refractivity contribution in [3.63, 3.8) is 0 Å². The number of carbonyl (C=O) groups is 1. The van der Waals surface area contributed by atoms with Gasteiger partial charge < -0.3 is 14.6 Å². The second-order valence-corrected chi connectivity index (χ2v) is 5.88. The highest BCUT2D eigenvalue weighted by Gasteiger charge is 2.23. The molecule has 2 heterocycles. The van der Waals surface area contributed by atoms with Crippen LogP contribution in [0.15, 0.2) is 28.7 Å². The molecule has 122 valence electrons. The van der Waals surface area contributed by atoms with Crippen molar-refractivity contribution < 1.29 is 9.21 Å². The van der Waals surface area contributed by atoms with E-state index in [2.05, 4.69) is 27.3 Å². The third-order valence-electron chi connectivity index (χ3n) is 4.22. The Hall–Kier alpha value is -2.21. The fourth-order valence-corrected chi connectivity index (χ4v) is 3.00. The summed E-state index contributed by atoms with van der Waals surface area (Å²) in [5.41, 5.74) is 1.25. The van der Waals surface area contributed by atoms with E-state index in [1.54, 1.807) is 13.0 Å². The lowest BCUT2D eigenvalue weighted by Gasteiger charge is -2.32. The summed E-state index contributed by atoms with van der Waals surface area (Å²) in [5.74, 6) is 0.785. The number of amides is 1. The largest absolute Gasteiger partial charge is 0.421 e. The van der Waals surface area contributed by atoms with Crippen molar-refractivity contribution in [1.82, 2.24) is 20.4 Å². The Morgan fingerprint density at radius 3 is 2.96 bits per heavy atom. The van der Waals surface area contributed by atoms with Crippen molar-refractivity contribution in [3.05, 3.63) is 35.7 Å². The molecule has 0 bridgehead atoms. The van der Waals surface area contributed by atoms with Gasteiger partial charge in [-0.25, -0.2) is 0 Å². The molecule has 0 aliphatic carbocycles. The maximum Gasteiger partial charge on any atom is 0.252 e. The Kier molecular flexibility index (Phi) is 4.71. The molecule has 0 radical (unpaired) electrons. The first-order valence-corrected chi connectivity index (χ1v) is 8.10. The predicted molar refractivity (Wildman–Crippen MR) is 87.1 cm³/mol. The van der Waals surface area contributed by atoms with Gasteiger partial charge in [-0.05, 0) is 38.1 Å². The van der Waals surface area contributed by atoms with Crippen LogP contribution in [0.2, 0.25) is 0 Å². The van der Waals surface area contributed by atoms with Gasteiger partial charge in [-0.3, -0.25) is 4.79 Å². The van der Waals surface area contributed by atoms with E-state index in [-0.39, 0.29) is 11.9 Å². The lowest BCUT2D eigenvalue weighted by molar-refractivity contribution is 0.0906. The van der Waals surface area contributed by atoms with Crippen molar-refractivity contribution in [3.8, 4) is 11.5 Å². The Morgan fingerprint density at radius 2 is 2.22 bits per heavy atom. The number of nitrogens with zero attached hydrogens (tertiary/aromatic N) is 3. The zero-order chi connectivity index (χ0) is 16.2. The van der Waals surface area contributed by atoms with Crippen molar-refractivity contribution in [1.29, 1.82) is 0 Å². The minimum atomic E-state index is -0.0839. The van der Waals surface area contributed by atoms with Crippen molar-refractivity contribution >= 4 is 5.91 Å². The van der Waals surface area contributed by atoms with Gasteiger partial charge in [0.05, 0.1) is 11.1 Å². The van der Waals surface area contributed by atoms with Crippen LogP contribution in [0.4, 0.5) is 0 Å². The van der Waals surface area contributed by atoms with Gasteiger partial charge in [0.1, 0.15) is 0 Å². The molecule has 23 heavy (non-hydrogen) atoms. The molecule has 1 aromatic heterocycles. The highest BCUT2D eigenvalue weighted by molar-refractivity contribution is 6.00. The lowest BCUT2D eigenvalue weighted by Crippen LogP contribution is -2.47. The molecule has 1 atom stereocenters. The summed E-state index contributed by atoms with van der Waals surface area (Å²) in [4.78, 5) is 15.1. The van der Waals surface area contributed by atoms with Gasteiger partial charge in [-0.2, -0.15) is 0 Å². The van der Waals surface area contributed by atoms with Gasteiger partial charge in [0.25, 0.3) is 5.91 Å². The second-order valence-electron chi connectivity index (χ2n) is 5.88. The monoisotopic (exact) mass is 314 g/mol. The van der Waals surface area contributed by atoms with Crippen LogP contribution in [0.3, 0.4) is 0 Å². The van der Waals surface area contributed by atoms with Crippen LogP contribution in [0.1, 0.15) is 36.0 Å². The smallest absolute Gasteiger partial charge is 0.252 e. The molecule has 1 aliphatic rings. The lowest BCUT2D eigenvalue weighted by atomic mass is 10.0. The summed E-state index contributed by atoms with van der Waals surface area (Å²) in [6.07, 6.45) is 2.13. The van der Waals surface area contributed by atoms with Crippen LogP contribution < -0.4 is 5.32 Å².